The third-order valence-electron chi connectivity index (χ3n) is 4.29. The van der Waals surface area contributed by atoms with Gasteiger partial charge in [-0.15, -0.1) is 0 Å². The van der Waals surface area contributed by atoms with Gasteiger partial charge in [-0.3, -0.25) is 0 Å². The minimum Gasteiger partial charge on any atom is -0.324 e. The Labute approximate surface area is 97.8 Å². The van der Waals surface area contributed by atoms with Crippen LogP contribution in [0.1, 0.15) is 30.9 Å². The fourth-order valence-corrected chi connectivity index (χ4v) is 3.41. The van der Waals surface area contributed by atoms with Crippen LogP contribution in [-0.4, -0.2) is 0 Å². The summed E-state index contributed by atoms with van der Waals surface area (Å²) < 4.78 is 39.5. The van der Waals surface area contributed by atoms with Gasteiger partial charge in [0.25, 0.3) is 0 Å². The summed E-state index contributed by atoms with van der Waals surface area (Å²) in [5.74, 6) is -1.53. The lowest BCUT2D eigenvalue weighted by atomic mass is 9.97. The van der Waals surface area contributed by atoms with Crippen LogP contribution in [0, 0.1) is 35.2 Å². The molecule has 0 saturated heterocycles. The average molecular weight is 241 g/mol. The molecule has 1 aromatic carbocycles. The molecular formula is C13H14F3N. The maximum absolute atomic E-state index is 13.6. The zero-order chi connectivity index (χ0) is 12.2. The highest BCUT2D eigenvalue weighted by Crippen LogP contribution is 2.61. The van der Waals surface area contributed by atoms with Gasteiger partial charge in [-0.05, 0) is 36.7 Å². The summed E-state index contributed by atoms with van der Waals surface area (Å²) in [4.78, 5) is 0. The number of benzene rings is 1. The van der Waals surface area contributed by atoms with Crippen LogP contribution in [0.4, 0.5) is 13.2 Å². The lowest BCUT2D eigenvalue weighted by Crippen LogP contribution is -2.17. The number of nitrogens with two attached hydrogens (primary N) is 1. The molecule has 4 heteroatoms. The molecule has 0 heterocycles. The first-order chi connectivity index (χ1) is 8.09. The Hall–Kier alpha value is -1.03. The Morgan fingerprint density at radius 1 is 1.00 bits per heavy atom. The first-order valence-corrected chi connectivity index (χ1v) is 5.99. The second-order valence-corrected chi connectivity index (χ2v) is 5.15. The van der Waals surface area contributed by atoms with E-state index in [9.17, 15) is 13.2 Å². The smallest absolute Gasteiger partial charge is 0.161 e. The Bertz CT molecular complexity index is 450. The summed E-state index contributed by atoms with van der Waals surface area (Å²) in [7, 11) is 0. The number of hydrogen-bond donors (Lipinski definition) is 1. The van der Waals surface area contributed by atoms with E-state index in [1.54, 1.807) is 0 Å². The molecule has 0 amide bonds. The first-order valence-electron chi connectivity index (χ1n) is 5.99. The van der Waals surface area contributed by atoms with Gasteiger partial charge in [0.1, 0.15) is 5.82 Å². The van der Waals surface area contributed by atoms with Gasteiger partial charge in [-0.2, -0.15) is 0 Å². The van der Waals surface area contributed by atoms with Crippen molar-refractivity contribution in [2.24, 2.45) is 23.5 Å². The van der Waals surface area contributed by atoms with Gasteiger partial charge in [-0.25, -0.2) is 13.2 Å². The summed E-state index contributed by atoms with van der Waals surface area (Å²) in [6.45, 7) is 0. The predicted molar refractivity (Wildman–Crippen MR) is 57.6 cm³/mol. The predicted octanol–water partition coefficient (Wildman–Crippen LogP) is 3.15. The largest absolute Gasteiger partial charge is 0.324 e. The number of fused-ring (bicyclic) bond motifs is 1. The SMILES string of the molecule is NC(c1cc(F)c(F)cc1F)C1C2CCCC21. The lowest BCUT2D eigenvalue weighted by Gasteiger charge is -2.15. The van der Waals surface area contributed by atoms with Gasteiger partial charge in [0.2, 0.25) is 0 Å². The number of rotatable bonds is 2. The molecule has 3 atom stereocenters. The molecule has 2 saturated carbocycles. The van der Waals surface area contributed by atoms with Gasteiger partial charge in [0, 0.05) is 17.7 Å². The summed E-state index contributed by atoms with van der Waals surface area (Å²) in [5.41, 5.74) is 6.10. The fraction of sp³-hybridized carbons (Fsp3) is 0.538. The Morgan fingerprint density at radius 2 is 1.59 bits per heavy atom. The molecule has 3 unspecified atom stereocenters. The van der Waals surface area contributed by atoms with Crippen molar-refractivity contribution < 1.29 is 13.2 Å². The minimum absolute atomic E-state index is 0.114. The molecule has 3 rings (SSSR count). The standard InChI is InChI=1S/C13H14F3N/c14-9-5-11(16)10(15)4-8(9)13(17)12-6-2-1-3-7(6)12/h4-7,12-13H,1-3,17H2. The average Bonchev–Trinajstić information content (AvgIpc) is 2.76. The first kappa shape index (κ1) is 11.1. The summed E-state index contributed by atoms with van der Waals surface area (Å²) in [6.07, 6.45) is 3.47. The van der Waals surface area contributed by atoms with Crippen LogP contribution in [0.3, 0.4) is 0 Å². The molecule has 0 aliphatic heterocycles. The van der Waals surface area contributed by atoms with Crippen LogP contribution in [0.15, 0.2) is 12.1 Å². The van der Waals surface area contributed by atoms with Crippen LogP contribution >= 0.6 is 0 Å². The topological polar surface area (TPSA) is 26.0 Å². The third kappa shape index (κ3) is 1.66. The molecule has 17 heavy (non-hydrogen) atoms. The molecule has 2 N–H and O–H groups in total. The van der Waals surface area contributed by atoms with E-state index < -0.39 is 23.5 Å². The highest BCUT2D eigenvalue weighted by atomic mass is 19.2. The van der Waals surface area contributed by atoms with E-state index in [0.29, 0.717) is 17.9 Å². The summed E-state index contributed by atoms with van der Waals surface area (Å²) in [5, 5.41) is 0. The highest BCUT2D eigenvalue weighted by Gasteiger charge is 2.55. The number of halogens is 3. The van der Waals surface area contributed by atoms with E-state index in [1.807, 2.05) is 0 Å². The quantitative estimate of drug-likeness (QED) is 0.791. The highest BCUT2D eigenvalue weighted by molar-refractivity contribution is 5.26. The van der Waals surface area contributed by atoms with Crippen LogP contribution in [-0.2, 0) is 0 Å². The minimum atomic E-state index is -1.16. The van der Waals surface area contributed by atoms with E-state index in [2.05, 4.69) is 0 Å². The molecule has 0 radical (unpaired) electrons. The maximum atomic E-state index is 13.6. The van der Waals surface area contributed by atoms with Crippen LogP contribution in [0.2, 0.25) is 0 Å². The molecule has 2 fully saturated rings. The van der Waals surface area contributed by atoms with E-state index in [4.69, 9.17) is 5.73 Å². The van der Waals surface area contributed by atoms with Gasteiger partial charge in [0.15, 0.2) is 11.6 Å². The molecule has 0 aromatic heterocycles. The van der Waals surface area contributed by atoms with E-state index in [0.717, 1.165) is 18.9 Å². The molecule has 2 aliphatic carbocycles. The van der Waals surface area contributed by atoms with Gasteiger partial charge >= 0.3 is 0 Å². The van der Waals surface area contributed by atoms with Crippen molar-refractivity contribution >= 4 is 0 Å². The molecule has 0 bridgehead atoms. The molecule has 1 aromatic rings. The van der Waals surface area contributed by atoms with E-state index in [-0.39, 0.29) is 11.5 Å². The molecule has 1 nitrogen and oxygen atoms in total. The zero-order valence-electron chi connectivity index (χ0n) is 9.30. The molecule has 2 aliphatic rings. The van der Waals surface area contributed by atoms with Crippen LogP contribution in [0.5, 0.6) is 0 Å². The molecule has 92 valence electrons. The number of hydrogen-bond acceptors (Lipinski definition) is 1. The van der Waals surface area contributed by atoms with Gasteiger partial charge in [-0.1, -0.05) is 6.42 Å². The summed E-state index contributed by atoms with van der Waals surface area (Å²) in [6, 6.07) is 0.992. The van der Waals surface area contributed by atoms with Crippen molar-refractivity contribution in [2.75, 3.05) is 0 Å². The van der Waals surface area contributed by atoms with Crippen molar-refractivity contribution in [1.82, 2.24) is 0 Å². The monoisotopic (exact) mass is 241 g/mol. The molecule has 0 spiro atoms. The van der Waals surface area contributed by atoms with Crippen molar-refractivity contribution in [2.45, 2.75) is 25.3 Å². The summed E-state index contributed by atoms with van der Waals surface area (Å²) >= 11 is 0. The van der Waals surface area contributed by atoms with Crippen molar-refractivity contribution in [1.29, 1.82) is 0 Å². The van der Waals surface area contributed by atoms with Crippen molar-refractivity contribution in [3.05, 3.63) is 35.1 Å². The van der Waals surface area contributed by atoms with E-state index in [1.165, 1.54) is 6.42 Å². The van der Waals surface area contributed by atoms with Gasteiger partial charge < -0.3 is 5.73 Å². The Balaban J connectivity index is 1.87. The zero-order valence-corrected chi connectivity index (χ0v) is 9.30. The molecular weight excluding hydrogens is 227 g/mol. The van der Waals surface area contributed by atoms with Crippen molar-refractivity contribution in [3.8, 4) is 0 Å². The Kier molecular flexibility index (Phi) is 2.43. The van der Waals surface area contributed by atoms with Crippen molar-refractivity contribution in [3.63, 3.8) is 0 Å². The maximum Gasteiger partial charge on any atom is 0.161 e. The second kappa shape index (κ2) is 3.73. The fourth-order valence-electron chi connectivity index (χ4n) is 3.41. The van der Waals surface area contributed by atoms with Crippen LogP contribution < -0.4 is 5.73 Å². The van der Waals surface area contributed by atoms with E-state index >= 15 is 0 Å². The van der Waals surface area contributed by atoms with Gasteiger partial charge in [0.05, 0.1) is 0 Å². The lowest BCUT2D eigenvalue weighted by molar-refractivity contribution is 0.457. The Morgan fingerprint density at radius 3 is 2.24 bits per heavy atom. The second-order valence-electron chi connectivity index (χ2n) is 5.15. The third-order valence-corrected chi connectivity index (χ3v) is 4.29. The van der Waals surface area contributed by atoms with Crippen LogP contribution in [0.25, 0.3) is 0 Å². The normalized spacial score (nSPS) is 32.4.